The van der Waals surface area contributed by atoms with Crippen LogP contribution >= 0.6 is 15.9 Å². The molecule has 1 N–H and O–H groups in total. The second kappa shape index (κ2) is 7.50. The third kappa shape index (κ3) is 3.65. The molecule has 0 bridgehead atoms. The normalized spacial score (nSPS) is 11.1. The second-order valence-electron chi connectivity index (χ2n) is 5.86. The number of rotatable bonds is 4. The quantitative estimate of drug-likeness (QED) is 0.330. The number of hydrogen-bond donors (Lipinski definition) is 1. The Labute approximate surface area is 160 Å². The molecular formula is C22H16BrN3. The molecule has 126 valence electrons. The average Bonchev–Trinajstić information content (AvgIpc) is 2.69. The first-order chi connectivity index (χ1) is 12.8. The van der Waals surface area contributed by atoms with Crippen molar-refractivity contribution in [1.82, 2.24) is 4.98 Å². The van der Waals surface area contributed by atoms with Crippen molar-refractivity contribution in [3.63, 3.8) is 0 Å². The zero-order valence-electron chi connectivity index (χ0n) is 13.9. The van der Waals surface area contributed by atoms with E-state index in [1.54, 1.807) is 6.21 Å². The van der Waals surface area contributed by atoms with Crippen LogP contribution in [0.5, 0.6) is 0 Å². The molecule has 0 radical (unpaired) electrons. The van der Waals surface area contributed by atoms with Gasteiger partial charge >= 0.3 is 0 Å². The molecule has 4 aromatic rings. The van der Waals surface area contributed by atoms with E-state index >= 15 is 0 Å². The first kappa shape index (κ1) is 16.5. The number of pyridine rings is 1. The van der Waals surface area contributed by atoms with E-state index in [4.69, 9.17) is 0 Å². The maximum atomic E-state index is 4.69. The van der Waals surface area contributed by atoms with Crippen molar-refractivity contribution in [2.24, 2.45) is 5.10 Å². The first-order valence-electron chi connectivity index (χ1n) is 8.29. The highest BCUT2D eigenvalue weighted by Gasteiger charge is 2.08. The van der Waals surface area contributed by atoms with Gasteiger partial charge in [-0.15, -0.1) is 0 Å². The van der Waals surface area contributed by atoms with Crippen LogP contribution in [0.25, 0.3) is 22.0 Å². The monoisotopic (exact) mass is 401 g/mol. The zero-order valence-corrected chi connectivity index (χ0v) is 15.5. The summed E-state index contributed by atoms with van der Waals surface area (Å²) in [6.45, 7) is 0. The minimum atomic E-state index is 0.714. The molecular weight excluding hydrogens is 386 g/mol. The van der Waals surface area contributed by atoms with Crippen LogP contribution < -0.4 is 5.43 Å². The summed E-state index contributed by atoms with van der Waals surface area (Å²) in [5.41, 5.74) is 7.28. The fourth-order valence-corrected chi connectivity index (χ4v) is 3.18. The fraction of sp³-hybridized carbons (Fsp3) is 0. The Hall–Kier alpha value is -2.98. The van der Waals surface area contributed by atoms with Gasteiger partial charge in [-0.2, -0.15) is 5.10 Å². The van der Waals surface area contributed by atoms with Gasteiger partial charge in [-0.05, 0) is 41.0 Å². The van der Waals surface area contributed by atoms with Crippen LogP contribution in [0.15, 0.2) is 94.5 Å². The Morgan fingerprint density at radius 2 is 1.58 bits per heavy atom. The van der Waals surface area contributed by atoms with E-state index in [1.165, 1.54) is 0 Å². The summed E-state index contributed by atoms with van der Waals surface area (Å²) < 4.78 is 1.03. The first-order valence-corrected chi connectivity index (χ1v) is 9.09. The second-order valence-corrected chi connectivity index (χ2v) is 6.78. The molecule has 4 heteroatoms. The van der Waals surface area contributed by atoms with E-state index in [2.05, 4.69) is 49.6 Å². The number of nitrogens with zero attached hydrogens (tertiary/aromatic N) is 2. The number of hydrogen-bond acceptors (Lipinski definition) is 3. The molecule has 0 aliphatic carbocycles. The SMILES string of the molecule is Brc1ccc2nc(NN=Cc3ccccc3)cc(-c3ccccc3)c2c1. The molecule has 0 aliphatic heterocycles. The van der Waals surface area contributed by atoms with Crippen molar-refractivity contribution >= 4 is 38.9 Å². The van der Waals surface area contributed by atoms with E-state index < -0.39 is 0 Å². The molecule has 0 aliphatic rings. The van der Waals surface area contributed by atoms with Crippen molar-refractivity contribution < 1.29 is 0 Å². The highest BCUT2D eigenvalue weighted by Crippen LogP contribution is 2.31. The third-order valence-corrected chi connectivity index (χ3v) is 4.54. The number of anilines is 1. The predicted octanol–water partition coefficient (Wildman–Crippen LogP) is 6.11. The molecule has 3 nitrogen and oxygen atoms in total. The van der Waals surface area contributed by atoms with Gasteiger partial charge in [-0.1, -0.05) is 76.6 Å². The van der Waals surface area contributed by atoms with Crippen molar-refractivity contribution in [2.75, 3.05) is 5.43 Å². The van der Waals surface area contributed by atoms with Gasteiger partial charge in [0.05, 0.1) is 11.7 Å². The average molecular weight is 402 g/mol. The zero-order chi connectivity index (χ0) is 17.8. The lowest BCUT2D eigenvalue weighted by Gasteiger charge is -2.10. The maximum Gasteiger partial charge on any atom is 0.147 e. The number of benzene rings is 3. The van der Waals surface area contributed by atoms with Gasteiger partial charge in [-0.3, -0.25) is 5.43 Å². The summed E-state index contributed by atoms with van der Waals surface area (Å²) >= 11 is 3.56. The topological polar surface area (TPSA) is 37.3 Å². The molecule has 3 aromatic carbocycles. The van der Waals surface area contributed by atoms with Crippen molar-refractivity contribution in [2.45, 2.75) is 0 Å². The van der Waals surface area contributed by atoms with Crippen LogP contribution in [-0.2, 0) is 0 Å². The van der Waals surface area contributed by atoms with Crippen LogP contribution in [0, 0.1) is 0 Å². The van der Waals surface area contributed by atoms with Crippen LogP contribution in [0.1, 0.15) is 5.56 Å². The Balaban J connectivity index is 1.74. The molecule has 0 spiro atoms. The number of aromatic nitrogens is 1. The Morgan fingerprint density at radius 1 is 0.846 bits per heavy atom. The highest BCUT2D eigenvalue weighted by molar-refractivity contribution is 9.10. The molecule has 0 amide bonds. The molecule has 1 aromatic heterocycles. The largest absolute Gasteiger partial charge is 0.261 e. The van der Waals surface area contributed by atoms with Gasteiger partial charge in [0.15, 0.2) is 0 Å². The van der Waals surface area contributed by atoms with Gasteiger partial charge in [0, 0.05) is 9.86 Å². The van der Waals surface area contributed by atoms with Crippen LogP contribution in [0.3, 0.4) is 0 Å². The van der Waals surface area contributed by atoms with Gasteiger partial charge in [0.25, 0.3) is 0 Å². The number of hydrazone groups is 1. The van der Waals surface area contributed by atoms with E-state index in [0.717, 1.165) is 32.1 Å². The molecule has 1 heterocycles. The van der Waals surface area contributed by atoms with E-state index in [0.29, 0.717) is 5.82 Å². The van der Waals surface area contributed by atoms with Crippen molar-refractivity contribution in [1.29, 1.82) is 0 Å². The lowest BCUT2D eigenvalue weighted by atomic mass is 10.0. The summed E-state index contributed by atoms with van der Waals surface area (Å²) in [4.78, 5) is 4.69. The lowest BCUT2D eigenvalue weighted by Crippen LogP contribution is -1.96. The molecule has 4 rings (SSSR count). The van der Waals surface area contributed by atoms with Crippen molar-refractivity contribution in [3.8, 4) is 11.1 Å². The van der Waals surface area contributed by atoms with Crippen LogP contribution in [0.4, 0.5) is 5.82 Å². The lowest BCUT2D eigenvalue weighted by molar-refractivity contribution is 1.26. The Kier molecular flexibility index (Phi) is 4.75. The summed E-state index contributed by atoms with van der Waals surface area (Å²) in [7, 11) is 0. The fourth-order valence-electron chi connectivity index (χ4n) is 2.82. The number of halogens is 1. The standard InChI is InChI=1S/C22H16BrN3/c23-18-11-12-21-20(13-18)19(17-9-5-2-6-10-17)14-22(25-21)26-24-15-16-7-3-1-4-8-16/h1-15H,(H,25,26). The van der Waals surface area contributed by atoms with Crippen LogP contribution in [-0.4, -0.2) is 11.2 Å². The summed E-state index contributed by atoms with van der Waals surface area (Å²) in [5.74, 6) is 0.714. The summed E-state index contributed by atoms with van der Waals surface area (Å²) in [6.07, 6.45) is 1.79. The van der Waals surface area contributed by atoms with E-state index in [1.807, 2.05) is 66.7 Å². The smallest absolute Gasteiger partial charge is 0.147 e. The predicted molar refractivity (Wildman–Crippen MR) is 113 cm³/mol. The molecule has 0 saturated carbocycles. The summed E-state index contributed by atoms with van der Waals surface area (Å²) in [5, 5.41) is 5.42. The highest BCUT2D eigenvalue weighted by atomic mass is 79.9. The van der Waals surface area contributed by atoms with Gasteiger partial charge in [0.1, 0.15) is 5.82 Å². The third-order valence-electron chi connectivity index (χ3n) is 4.05. The number of nitrogens with one attached hydrogen (secondary N) is 1. The van der Waals surface area contributed by atoms with Crippen molar-refractivity contribution in [3.05, 3.63) is 95.0 Å². The molecule has 26 heavy (non-hydrogen) atoms. The van der Waals surface area contributed by atoms with Gasteiger partial charge < -0.3 is 0 Å². The Morgan fingerprint density at radius 3 is 2.35 bits per heavy atom. The molecule has 0 saturated heterocycles. The molecule has 0 unspecified atom stereocenters. The van der Waals surface area contributed by atoms with Gasteiger partial charge in [-0.25, -0.2) is 4.98 Å². The Bertz CT molecular complexity index is 1060. The molecule has 0 fully saturated rings. The van der Waals surface area contributed by atoms with Crippen LogP contribution in [0.2, 0.25) is 0 Å². The minimum absolute atomic E-state index is 0.714. The van der Waals surface area contributed by atoms with Gasteiger partial charge in [0.2, 0.25) is 0 Å². The molecule has 0 atom stereocenters. The number of fused-ring (bicyclic) bond motifs is 1. The maximum absolute atomic E-state index is 4.69. The summed E-state index contributed by atoms with van der Waals surface area (Å²) in [6, 6.07) is 28.4. The van der Waals surface area contributed by atoms with E-state index in [-0.39, 0.29) is 0 Å². The minimum Gasteiger partial charge on any atom is -0.261 e. The van der Waals surface area contributed by atoms with E-state index in [9.17, 15) is 0 Å².